The summed E-state index contributed by atoms with van der Waals surface area (Å²) in [5.74, 6) is 2.15. The summed E-state index contributed by atoms with van der Waals surface area (Å²) in [6.07, 6.45) is 1.78. The minimum atomic E-state index is 0.593. The number of rotatable bonds is 3. The highest BCUT2D eigenvalue weighted by Gasteiger charge is 1.98. The van der Waals surface area contributed by atoms with Crippen LogP contribution in [0.1, 0.15) is 5.56 Å². The number of ether oxygens (including phenoxy) is 2. The van der Waals surface area contributed by atoms with Crippen LogP contribution < -0.4 is 9.47 Å². The predicted molar refractivity (Wildman–Crippen MR) is 62.0 cm³/mol. The molecule has 0 aliphatic rings. The maximum Gasteiger partial charge on any atom is 0.219 e. The van der Waals surface area contributed by atoms with Crippen LogP contribution in [-0.4, -0.2) is 12.1 Å². The Morgan fingerprint density at radius 3 is 2.19 bits per heavy atom. The van der Waals surface area contributed by atoms with Gasteiger partial charge in [-0.25, -0.2) is 4.98 Å². The Balaban J connectivity index is 2.11. The smallest absolute Gasteiger partial charge is 0.219 e. The molecule has 0 amide bonds. The van der Waals surface area contributed by atoms with Gasteiger partial charge in [-0.2, -0.15) is 0 Å². The highest BCUT2D eigenvalue weighted by Crippen LogP contribution is 2.22. The molecule has 82 valence electrons. The molecule has 0 saturated heterocycles. The van der Waals surface area contributed by atoms with E-state index in [1.807, 2.05) is 43.3 Å². The van der Waals surface area contributed by atoms with Crippen LogP contribution in [0.4, 0.5) is 0 Å². The SMILES string of the molecule is COc1ccc(Oc2ccc(C)cn2)cc1. The number of hydrogen-bond acceptors (Lipinski definition) is 3. The summed E-state index contributed by atoms with van der Waals surface area (Å²) in [6, 6.07) is 11.2. The van der Waals surface area contributed by atoms with Crippen molar-refractivity contribution in [3.8, 4) is 17.4 Å². The minimum Gasteiger partial charge on any atom is -0.497 e. The first-order chi connectivity index (χ1) is 7.78. The Hall–Kier alpha value is -2.03. The molecule has 1 aromatic heterocycles. The monoisotopic (exact) mass is 215 g/mol. The van der Waals surface area contributed by atoms with Gasteiger partial charge in [-0.15, -0.1) is 0 Å². The Labute approximate surface area is 94.7 Å². The van der Waals surface area contributed by atoms with Gasteiger partial charge < -0.3 is 9.47 Å². The molecule has 0 saturated carbocycles. The largest absolute Gasteiger partial charge is 0.497 e. The van der Waals surface area contributed by atoms with Gasteiger partial charge in [-0.1, -0.05) is 6.07 Å². The number of hydrogen-bond donors (Lipinski definition) is 0. The molecular weight excluding hydrogens is 202 g/mol. The summed E-state index contributed by atoms with van der Waals surface area (Å²) in [5.41, 5.74) is 1.11. The zero-order valence-electron chi connectivity index (χ0n) is 9.31. The summed E-state index contributed by atoms with van der Waals surface area (Å²) < 4.78 is 10.6. The van der Waals surface area contributed by atoms with E-state index >= 15 is 0 Å². The van der Waals surface area contributed by atoms with Gasteiger partial charge in [0.25, 0.3) is 0 Å². The van der Waals surface area contributed by atoms with Gasteiger partial charge in [-0.3, -0.25) is 0 Å². The quantitative estimate of drug-likeness (QED) is 0.787. The van der Waals surface area contributed by atoms with Crippen molar-refractivity contribution >= 4 is 0 Å². The van der Waals surface area contributed by atoms with Crippen LogP contribution in [0, 0.1) is 6.92 Å². The first kappa shape index (κ1) is 10.5. The second-order valence-electron chi connectivity index (χ2n) is 3.45. The molecule has 0 radical (unpaired) electrons. The van der Waals surface area contributed by atoms with E-state index in [9.17, 15) is 0 Å². The van der Waals surface area contributed by atoms with E-state index in [0.29, 0.717) is 5.88 Å². The number of aromatic nitrogens is 1. The van der Waals surface area contributed by atoms with Crippen LogP contribution in [-0.2, 0) is 0 Å². The second kappa shape index (κ2) is 4.66. The van der Waals surface area contributed by atoms with Crippen molar-refractivity contribution in [2.75, 3.05) is 7.11 Å². The third kappa shape index (κ3) is 2.51. The van der Waals surface area contributed by atoms with Crippen LogP contribution in [0.5, 0.6) is 17.4 Å². The lowest BCUT2D eigenvalue weighted by Gasteiger charge is -2.05. The van der Waals surface area contributed by atoms with Crippen molar-refractivity contribution in [2.45, 2.75) is 6.92 Å². The summed E-state index contributed by atoms with van der Waals surface area (Å²) in [4.78, 5) is 4.16. The van der Waals surface area contributed by atoms with Crippen LogP contribution in [0.2, 0.25) is 0 Å². The average Bonchev–Trinajstić information content (AvgIpc) is 2.33. The van der Waals surface area contributed by atoms with Crippen molar-refractivity contribution in [3.05, 3.63) is 48.2 Å². The Morgan fingerprint density at radius 1 is 0.938 bits per heavy atom. The van der Waals surface area contributed by atoms with Crippen LogP contribution in [0.3, 0.4) is 0 Å². The second-order valence-corrected chi connectivity index (χ2v) is 3.45. The van der Waals surface area contributed by atoms with Gasteiger partial charge in [0, 0.05) is 12.3 Å². The molecule has 0 aliphatic heterocycles. The molecule has 1 heterocycles. The zero-order chi connectivity index (χ0) is 11.4. The molecule has 2 aromatic rings. The number of pyridine rings is 1. The molecule has 0 fully saturated rings. The summed E-state index contributed by atoms with van der Waals surface area (Å²) in [6.45, 7) is 1.99. The number of benzene rings is 1. The normalized spacial score (nSPS) is 9.88. The molecule has 0 spiro atoms. The van der Waals surface area contributed by atoms with E-state index < -0.39 is 0 Å². The van der Waals surface area contributed by atoms with Crippen LogP contribution in [0.15, 0.2) is 42.6 Å². The van der Waals surface area contributed by atoms with E-state index in [1.165, 1.54) is 0 Å². The lowest BCUT2D eigenvalue weighted by atomic mass is 10.3. The molecule has 16 heavy (non-hydrogen) atoms. The van der Waals surface area contributed by atoms with E-state index in [0.717, 1.165) is 17.1 Å². The van der Waals surface area contributed by atoms with Gasteiger partial charge in [0.05, 0.1) is 7.11 Å². The van der Waals surface area contributed by atoms with Crippen molar-refractivity contribution in [2.24, 2.45) is 0 Å². The molecule has 1 aromatic carbocycles. The van der Waals surface area contributed by atoms with E-state index in [-0.39, 0.29) is 0 Å². The Bertz CT molecular complexity index is 448. The molecule has 2 rings (SSSR count). The fourth-order valence-electron chi connectivity index (χ4n) is 1.28. The van der Waals surface area contributed by atoms with Crippen molar-refractivity contribution in [1.29, 1.82) is 0 Å². The maximum atomic E-state index is 5.57. The van der Waals surface area contributed by atoms with Crippen molar-refractivity contribution < 1.29 is 9.47 Å². The number of nitrogens with zero attached hydrogens (tertiary/aromatic N) is 1. The highest BCUT2D eigenvalue weighted by molar-refractivity contribution is 5.33. The Morgan fingerprint density at radius 2 is 1.62 bits per heavy atom. The fraction of sp³-hybridized carbons (Fsp3) is 0.154. The lowest BCUT2D eigenvalue weighted by Crippen LogP contribution is -1.88. The van der Waals surface area contributed by atoms with Crippen molar-refractivity contribution in [3.63, 3.8) is 0 Å². The molecule has 0 aliphatic carbocycles. The first-order valence-corrected chi connectivity index (χ1v) is 5.02. The number of methoxy groups -OCH3 is 1. The molecule has 0 bridgehead atoms. The van der Waals surface area contributed by atoms with Gasteiger partial charge in [0.1, 0.15) is 11.5 Å². The molecule has 0 unspecified atom stereocenters. The fourth-order valence-corrected chi connectivity index (χ4v) is 1.28. The molecule has 0 N–H and O–H groups in total. The van der Waals surface area contributed by atoms with Crippen LogP contribution >= 0.6 is 0 Å². The third-order valence-electron chi connectivity index (χ3n) is 2.17. The van der Waals surface area contributed by atoms with Gasteiger partial charge >= 0.3 is 0 Å². The highest BCUT2D eigenvalue weighted by atomic mass is 16.5. The average molecular weight is 215 g/mol. The van der Waals surface area contributed by atoms with Gasteiger partial charge in [0.15, 0.2) is 0 Å². The van der Waals surface area contributed by atoms with E-state index in [2.05, 4.69) is 4.98 Å². The maximum absolute atomic E-state index is 5.57. The standard InChI is InChI=1S/C13H13NO2/c1-10-3-8-13(14-9-10)16-12-6-4-11(15-2)5-7-12/h3-9H,1-2H3. The molecule has 3 heteroatoms. The lowest BCUT2D eigenvalue weighted by molar-refractivity contribution is 0.412. The van der Waals surface area contributed by atoms with Crippen molar-refractivity contribution in [1.82, 2.24) is 4.98 Å². The molecule has 0 atom stereocenters. The van der Waals surface area contributed by atoms with E-state index in [4.69, 9.17) is 9.47 Å². The van der Waals surface area contributed by atoms with E-state index in [1.54, 1.807) is 13.3 Å². The molecule has 3 nitrogen and oxygen atoms in total. The van der Waals surface area contributed by atoms with Crippen LogP contribution in [0.25, 0.3) is 0 Å². The minimum absolute atomic E-state index is 0.593. The third-order valence-corrected chi connectivity index (χ3v) is 2.17. The van der Waals surface area contributed by atoms with Gasteiger partial charge in [0.2, 0.25) is 5.88 Å². The van der Waals surface area contributed by atoms with Gasteiger partial charge in [-0.05, 0) is 36.8 Å². The summed E-state index contributed by atoms with van der Waals surface area (Å²) in [7, 11) is 1.64. The molecular formula is C13H13NO2. The predicted octanol–water partition coefficient (Wildman–Crippen LogP) is 3.19. The summed E-state index contributed by atoms with van der Waals surface area (Å²) in [5, 5.41) is 0. The first-order valence-electron chi connectivity index (χ1n) is 5.02. The zero-order valence-corrected chi connectivity index (χ0v) is 9.31. The number of aryl methyl sites for hydroxylation is 1. The summed E-state index contributed by atoms with van der Waals surface area (Å²) >= 11 is 0. The topological polar surface area (TPSA) is 31.4 Å². The Kier molecular flexibility index (Phi) is 3.05.